The van der Waals surface area contributed by atoms with Gasteiger partial charge in [-0.1, -0.05) is 6.07 Å². The van der Waals surface area contributed by atoms with Crippen molar-refractivity contribution in [2.75, 3.05) is 5.32 Å². The molecular weight excluding hydrogens is 251 g/mol. The van der Waals surface area contributed by atoms with Gasteiger partial charge in [-0.3, -0.25) is 0 Å². The van der Waals surface area contributed by atoms with Gasteiger partial charge in [-0.15, -0.1) is 0 Å². The van der Waals surface area contributed by atoms with Crippen LogP contribution in [0.25, 0.3) is 0 Å². The normalized spacial score (nSPS) is 15.7. The van der Waals surface area contributed by atoms with Gasteiger partial charge in [0.1, 0.15) is 11.9 Å². The summed E-state index contributed by atoms with van der Waals surface area (Å²) in [4.78, 5) is 22.6. The maximum atomic E-state index is 13.4. The lowest BCUT2D eigenvalue weighted by Crippen LogP contribution is -2.44. The number of carboxylic acid groups (broad SMARTS) is 1. The first kappa shape index (κ1) is 13.3. The monoisotopic (exact) mass is 266 g/mol. The molecule has 0 heterocycles. The Morgan fingerprint density at radius 1 is 1.42 bits per heavy atom. The summed E-state index contributed by atoms with van der Waals surface area (Å²) in [5.41, 5.74) is 0.839. The third-order valence-corrected chi connectivity index (χ3v) is 3.02. The number of halogens is 1. The Labute approximate surface area is 109 Å². The van der Waals surface area contributed by atoms with Crippen molar-refractivity contribution >= 4 is 17.7 Å². The number of nitrogens with one attached hydrogen (secondary N) is 2. The van der Waals surface area contributed by atoms with Gasteiger partial charge in [-0.25, -0.2) is 14.0 Å². The Morgan fingerprint density at radius 3 is 2.68 bits per heavy atom. The maximum Gasteiger partial charge on any atom is 0.326 e. The van der Waals surface area contributed by atoms with Crippen LogP contribution in [0.4, 0.5) is 14.9 Å². The molecule has 6 heteroatoms. The van der Waals surface area contributed by atoms with Crippen LogP contribution in [0.2, 0.25) is 0 Å². The fourth-order valence-electron chi connectivity index (χ4n) is 1.85. The van der Waals surface area contributed by atoms with Crippen LogP contribution in [0.1, 0.15) is 18.4 Å². The van der Waals surface area contributed by atoms with E-state index in [2.05, 4.69) is 10.6 Å². The smallest absolute Gasteiger partial charge is 0.326 e. The average molecular weight is 266 g/mol. The lowest BCUT2D eigenvalue weighted by atomic mass is 10.2. The van der Waals surface area contributed by atoms with E-state index in [1.807, 2.05) is 0 Å². The highest BCUT2D eigenvalue weighted by molar-refractivity contribution is 5.92. The van der Waals surface area contributed by atoms with Gasteiger partial charge >= 0.3 is 12.0 Å². The number of amides is 2. The molecule has 1 fully saturated rings. The number of aryl methyl sites for hydroxylation is 1. The van der Waals surface area contributed by atoms with Crippen LogP contribution in [-0.2, 0) is 4.79 Å². The van der Waals surface area contributed by atoms with Crippen molar-refractivity contribution in [2.24, 2.45) is 5.92 Å². The number of benzene rings is 1. The molecule has 0 aliphatic heterocycles. The summed E-state index contributed by atoms with van der Waals surface area (Å²) in [5.74, 6) is -1.65. The van der Waals surface area contributed by atoms with Crippen molar-refractivity contribution in [3.8, 4) is 0 Å². The number of carbonyl (C=O) groups is 2. The van der Waals surface area contributed by atoms with Crippen molar-refractivity contribution in [3.63, 3.8) is 0 Å². The molecule has 1 saturated carbocycles. The third kappa shape index (κ3) is 3.43. The van der Waals surface area contributed by atoms with Gasteiger partial charge in [-0.2, -0.15) is 0 Å². The summed E-state index contributed by atoms with van der Waals surface area (Å²) < 4.78 is 13.4. The zero-order valence-corrected chi connectivity index (χ0v) is 10.4. The molecular formula is C13H15FN2O3. The Balaban J connectivity index is 2.00. The Kier molecular flexibility index (Phi) is 3.69. The molecule has 0 bridgehead atoms. The first-order valence-electron chi connectivity index (χ1n) is 6.04. The van der Waals surface area contributed by atoms with E-state index in [1.165, 1.54) is 12.1 Å². The SMILES string of the molecule is Cc1ccc(F)c(NC(=O)NC(C(=O)O)C2CC2)c1. The Morgan fingerprint density at radius 2 is 2.11 bits per heavy atom. The molecule has 1 aromatic rings. The quantitative estimate of drug-likeness (QED) is 0.781. The van der Waals surface area contributed by atoms with Gasteiger partial charge in [0.05, 0.1) is 5.69 Å². The van der Waals surface area contributed by atoms with Crippen molar-refractivity contribution in [1.82, 2.24) is 5.32 Å². The molecule has 2 rings (SSSR count). The summed E-state index contributed by atoms with van der Waals surface area (Å²) in [7, 11) is 0. The van der Waals surface area contributed by atoms with Crippen molar-refractivity contribution in [3.05, 3.63) is 29.6 Å². The summed E-state index contributed by atoms with van der Waals surface area (Å²) in [6.07, 6.45) is 1.58. The fourth-order valence-corrected chi connectivity index (χ4v) is 1.85. The van der Waals surface area contributed by atoms with Crippen LogP contribution in [-0.4, -0.2) is 23.1 Å². The molecule has 1 aliphatic rings. The third-order valence-electron chi connectivity index (χ3n) is 3.02. The predicted octanol–water partition coefficient (Wildman–Crippen LogP) is 2.12. The highest BCUT2D eigenvalue weighted by atomic mass is 19.1. The highest BCUT2D eigenvalue weighted by Crippen LogP contribution is 2.32. The number of anilines is 1. The molecule has 1 unspecified atom stereocenters. The van der Waals surface area contributed by atoms with E-state index in [9.17, 15) is 14.0 Å². The number of rotatable bonds is 4. The second-order valence-corrected chi connectivity index (χ2v) is 4.74. The number of urea groups is 1. The minimum atomic E-state index is -1.07. The zero-order valence-electron chi connectivity index (χ0n) is 10.4. The maximum absolute atomic E-state index is 13.4. The molecule has 102 valence electrons. The lowest BCUT2D eigenvalue weighted by Gasteiger charge is -2.14. The molecule has 5 nitrogen and oxygen atoms in total. The number of hydrogen-bond donors (Lipinski definition) is 3. The van der Waals surface area contributed by atoms with E-state index in [0.717, 1.165) is 18.4 Å². The minimum Gasteiger partial charge on any atom is -0.480 e. The number of carboxylic acids is 1. The van der Waals surface area contributed by atoms with Crippen LogP contribution in [0.15, 0.2) is 18.2 Å². The second-order valence-electron chi connectivity index (χ2n) is 4.74. The van der Waals surface area contributed by atoms with Gasteiger partial charge < -0.3 is 15.7 Å². The molecule has 19 heavy (non-hydrogen) atoms. The predicted molar refractivity (Wildman–Crippen MR) is 67.4 cm³/mol. The fraction of sp³-hybridized carbons (Fsp3) is 0.385. The second kappa shape index (κ2) is 5.26. The molecule has 1 aromatic carbocycles. The first-order valence-corrected chi connectivity index (χ1v) is 6.04. The van der Waals surface area contributed by atoms with E-state index < -0.39 is 23.9 Å². The van der Waals surface area contributed by atoms with Crippen molar-refractivity contribution in [1.29, 1.82) is 0 Å². The van der Waals surface area contributed by atoms with Crippen LogP contribution >= 0.6 is 0 Å². The molecule has 1 aliphatic carbocycles. The number of aliphatic carboxylic acids is 1. The molecule has 3 N–H and O–H groups in total. The van der Waals surface area contributed by atoms with Crippen molar-refractivity contribution in [2.45, 2.75) is 25.8 Å². The van der Waals surface area contributed by atoms with Crippen molar-refractivity contribution < 1.29 is 19.1 Å². The summed E-state index contributed by atoms with van der Waals surface area (Å²) in [5, 5.41) is 13.7. The van der Waals surface area contributed by atoms with E-state index in [-0.39, 0.29) is 11.6 Å². The minimum absolute atomic E-state index is 0.0226. The molecule has 0 radical (unpaired) electrons. The molecule has 1 atom stereocenters. The average Bonchev–Trinajstić information content (AvgIpc) is 3.14. The molecule has 0 spiro atoms. The van der Waals surface area contributed by atoms with Crippen LogP contribution in [0, 0.1) is 18.7 Å². The summed E-state index contributed by atoms with van der Waals surface area (Å²) in [6.45, 7) is 1.77. The summed E-state index contributed by atoms with van der Waals surface area (Å²) in [6, 6.07) is 2.71. The lowest BCUT2D eigenvalue weighted by molar-refractivity contribution is -0.139. The van der Waals surface area contributed by atoms with E-state index in [0.29, 0.717) is 0 Å². The largest absolute Gasteiger partial charge is 0.480 e. The molecule has 0 saturated heterocycles. The van der Waals surface area contributed by atoms with E-state index in [4.69, 9.17) is 5.11 Å². The van der Waals surface area contributed by atoms with Gasteiger partial charge in [0.2, 0.25) is 0 Å². The summed E-state index contributed by atoms with van der Waals surface area (Å²) >= 11 is 0. The van der Waals surface area contributed by atoms with Gasteiger partial charge in [0, 0.05) is 0 Å². The van der Waals surface area contributed by atoms with Gasteiger partial charge in [0.25, 0.3) is 0 Å². The van der Waals surface area contributed by atoms with Crippen LogP contribution < -0.4 is 10.6 Å². The topological polar surface area (TPSA) is 78.4 Å². The number of hydrogen-bond acceptors (Lipinski definition) is 2. The van der Waals surface area contributed by atoms with Gasteiger partial charge in [-0.05, 0) is 43.4 Å². The standard InChI is InChI=1S/C13H15FN2O3/c1-7-2-5-9(14)10(6-7)15-13(19)16-11(12(17)18)8-3-4-8/h2,5-6,8,11H,3-4H2,1H3,(H,17,18)(H2,15,16,19). The molecule has 0 aromatic heterocycles. The Bertz CT molecular complexity index is 515. The van der Waals surface area contributed by atoms with Crippen LogP contribution in [0.5, 0.6) is 0 Å². The zero-order chi connectivity index (χ0) is 14.0. The van der Waals surface area contributed by atoms with E-state index in [1.54, 1.807) is 13.0 Å². The van der Waals surface area contributed by atoms with Crippen LogP contribution in [0.3, 0.4) is 0 Å². The molecule has 2 amide bonds. The first-order chi connectivity index (χ1) is 8.97. The van der Waals surface area contributed by atoms with Gasteiger partial charge in [0.15, 0.2) is 0 Å². The number of carbonyl (C=O) groups excluding carboxylic acids is 1. The van der Waals surface area contributed by atoms with E-state index >= 15 is 0 Å². The highest BCUT2D eigenvalue weighted by Gasteiger charge is 2.37. The Hall–Kier alpha value is -2.11.